The lowest BCUT2D eigenvalue weighted by atomic mass is 10.1. The SMILES string of the molecule is C1CCCC(NCC2CCSC2)CC1. The molecule has 0 aromatic carbocycles. The van der Waals surface area contributed by atoms with Crippen molar-refractivity contribution >= 4 is 11.8 Å². The van der Waals surface area contributed by atoms with Crippen molar-refractivity contribution in [3.63, 3.8) is 0 Å². The normalized spacial score (nSPS) is 30.4. The van der Waals surface area contributed by atoms with Crippen LogP contribution in [0, 0.1) is 5.92 Å². The van der Waals surface area contributed by atoms with E-state index in [4.69, 9.17) is 0 Å². The molecule has 1 atom stereocenters. The van der Waals surface area contributed by atoms with Crippen molar-refractivity contribution in [2.24, 2.45) is 5.92 Å². The standard InChI is InChI=1S/C12H23NS/c1-2-4-6-12(5-3-1)13-9-11-7-8-14-10-11/h11-13H,1-10H2. The first-order valence-corrected chi connectivity index (χ1v) is 7.42. The highest BCUT2D eigenvalue weighted by atomic mass is 32.2. The number of nitrogens with one attached hydrogen (secondary N) is 1. The van der Waals surface area contributed by atoms with Gasteiger partial charge in [0, 0.05) is 6.04 Å². The Bertz CT molecular complexity index is 146. The largest absolute Gasteiger partial charge is 0.314 e. The van der Waals surface area contributed by atoms with Gasteiger partial charge in [0.1, 0.15) is 0 Å². The molecule has 1 N–H and O–H groups in total. The molecule has 1 aliphatic carbocycles. The highest BCUT2D eigenvalue weighted by Crippen LogP contribution is 2.23. The maximum absolute atomic E-state index is 3.79. The molecule has 0 spiro atoms. The summed E-state index contributed by atoms with van der Waals surface area (Å²) in [6, 6.07) is 0.850. The van der Waals surface area contributed by atoms with Gasteiger partial charge in [0.15, 0.2) is 0 Å². The Labute approximate surface area is 92.4 Å². The molecule has 1 saturated carbocycles. The fraction of sp³-hybridized carbons (Fsp3) is 1.00. The van der Waals surface area contributed by atoms with Gasteiger partial charge < -0.3 is 5.32 Å². The lowest BCUT2D eigenvalue weighted by Crippen LogP contribution is -2.33. The van der Waals surface area contributed by atoms with Crippen molar-refractivity contribution in [1.82, 2.24) is 5.32 Å². The van der Waals surface area contributed by atoms with E-state index in [2.05, 4.69) is 17.1 Å². The lowest BCUT2D eigenvalue weighted by Gasteiger charge is -2.18. The molecule has 2 aliphatic rings. The molecular weight excluding hydrogens is 190 g/mol. The van der Waals surface area contributed by atoms with Crippen LogP contribution in [0.3, 0.4) is 0 Å². The van der Waals surface area contributed by atoms with Crippen LogP contribution in [0.15, 0.2) is 0 Å². The summed E-state index contributed by atoms with van der Waals surface area (Å²) in [4.78, 5) is 0. The quantitative estimate of drug-likeness (QED) is 0.723. The van der Waals surface area contributed by atoms with Gasteiger partial charge in [-0.2, -0.15) is 11.8 Å². The van der Waals surface area contributed by atoms with Crippen molar-refractivity contribution in [3.8, 4) is 0 Å². The summed E-state index contributed by atoms with van der Waals surface area (Å²) >= 11 is 2.13. The highest BCUT2D eigenvalue weighted by molar-refractivity contribution is 7.99. The van der Waals surface area contributed by atoms with E-state index < -0.39 is 0 Å². The zero-order valence-electron chi connectivity index (χ0n) is 9.13. The molecular formula is C12H23NS. The Morgan fingerprint density at radius 3 is 2.43 bits per heavy atom. The van der Waals surface area contributed by atoms with E-state index in [1.165, 1.54) is 63.0 Å². The molecule has 0 aromatic rings. The fourth-order valence-electron chi connectivity index (χ4n) is 2.56. The van der Waals surface area contributed by atoms with Crippen LogP contribution in [0.2, 0.25) is 0 Å². The van der Waals surface area contributed by atoms with Gasteiger partial charge in [-0.15, -0.1) is 0 Å². The fourth-order valence-corrected chi connectivity index (χ4v) is 3.85. The number of hydrogen-bond acceptors (Lipinski definition) is 2. The molecule has 2 heteroatoms. The van der Waals surface area contributed by atoms with Gasteiger partial charge in [-0.1, -0.05) is 25.7 Å². The average molecular weight is 213 g/mol. The first kappa shape index (κ1) is 10.8. The summed E-state index contributed by atoms with van der Waals surface area (Å²) in [6.07, 6.45) is 10.2. The minimum absolute atomic E-state index is 0.850. The topological polar surface area (TPSA) is 12.0 Å². The van der Waals surface area contributed by atoms with E-state index in [1.54, 1.807) is 0 Å². The molecule has 14 heavy (non-hydrogen) atoms. The zero-order chi connectivity index (χ0) is 9.64. The summed E-state index contributed by atoms with van der Waals surface area (Å²) in [5.74, 6) is 3.78. The first-order valence-electron chi connectivity index (χ1n) is 6.26. The molecule has 1 heterocycles. The molecule has 2 fully saturated rings. The Balaban J connectivity index is 1.62. The van der Waals surface area contributed by atoms with Gasteiger partial charge in [0.25, 0.3) is 0 Å². The Morgan fingerprint density at radius 1 is 1.00 bits per heavy atom. The summed E-state index contributed by atoms with van der Waals surface area (Å²) < 4.78 is 0. The van der Waals surface area contributed by atoms with Crippen molar-refractivity contribution in [2.75, 3.05) is 18.1 Å². The summed E-state index contributed by atoms with van der Waals surface area (Å²) in [5, 5.41) is 3.79. The Hall–Kier alpha value is 0.310. The van der Waals surface area contributed by atoms with Gasteiger partial charge in [-0.3, -0.25) is 0 Å². The van der Waals surface area contributed by atoms with Gasteiger partial charge in [-0.25, -0.2) is 0 Å². The van der Waals surface area contributed by atoms with E-state index in [0.717, 1.165) is 12.0 Å². The molecule has 1 saturated heterocycles. The van der Waals surface area contributed by atoms with Gasteiger partial charge in [-0.05, 0) is 43.2 Å². The van der Waals surface area contributed by atoms with Crippen LogP contribution in [-0.2, 0) is 0 Å². The molecule has 0 radical (unpaired) electrons. The third-order valence-electron chi connectivity index (χ3n) is 3.57. The van der Waals surface area contributed by atoms with E-state index in [-0.39, 0.29) is 0 Å². The molecule has 0 amide bonds. The van der Waals surface area contributed by atoms with E-state index in [9.17, 15) is 0 Å². The molecule has 1 aliphatic heterocycles. The van der Waals surface area contributed by atoms with Gasteiger partial charge in [0.05, 0.1) is 0 Å². The predicted octanol–water partition coefficient (Wildman–Crippen LogP) is 3.05. The molecule has 82 valence electrons. The number of rotatable bonds is 3. The monoisotopic (exact) mass is 213 g/mol. The van der Waals surface area contributed by atoms with Crippen LogP contribution in [0.4, 0.5) is 0 Å². The second-order valence-corrected chi connectivity index (χ2v) is 5.98. The number of hydrogen-bond donors (Lipinski definition) is 1. The van der Waals surface area contributed by atoms with Crippen molar-refractivity contribution in [3.05, 3.63) is 0 Å². The lowest BCUT2D eigenvalue weighted by molar-refractivity contribution is 0.417. The van der Waals surface area contributed by atoms with Crippen molar-refractivity contribution < 1.29 is 0 Å². The first-order chi connectivity index (χ1) is 6.95. The van der Waals surface area contributed by atoms with E-state index in [1.807, 2.05) is 0 Å². The van der Waals surface area contributed by atoms with Crippen LogP contribution in [-0.4, -0.2) is 24.1 Å². The molecule has 1 unspecified atom stereocenters. The third-order valence-corrected chi connectivity index (χ3v) is 4.81. The Kier molecular flexibility index (Phi) is 4.65. The summed E-state index contributed by atoms with van der Waals surface area (Å²) in [6.45, 7) is 1.29. The zero-order valence-corrected chi connectivity index (χ0v) is 9.95. The summed E-state index contributed by atoms with van der Waals surface area (Å²) in [5.41, 5.74) is 0. The Morgan fingerprint density at radius 2 is 1.79 bits per heavy atom. The van der Waals surface area contributed by atoms with E-state index in [0.29, 0.717) is 0 Å². The maximum atomic E-state index is 3.79. The molecule has 2 rings (SSSR count). The second kappa shape index (κ2) is 6.02. The van der Waals surface area contributed by atoms with Crippen LogP contribution in [0.25, 0.3) is 0 Å². The molecule has 0 bridgehead atoms. The van der Waals surface area contributed by atoms with Crippen LogP contribution >= 0.6 is 11.8 Å². The minimum atomic E-state index is 0.850. The van der Waals surface area contributed by atoms with Gasteiger partial charge >= 0.3 is 0 Å². The predicted molar refractivity (Wildman–Crippen MR) is 64.9 cm³/mol. The minimum Gasteiger partial charge on any atom is -0.314 e. The van der Waals surface area contributed by atoms with Gasteiger partial charge in [0.2, 0.25) is 0 Å². The number of thioether (sulfide) groups is 1. The van der Waals surface area contributed by atoms with Crippen LogP contribution in [0.1, 0.15) is 44.9 Å². The molecule has 1 nitrogen and oxygen atoms in total. The smallest absolute Gasteiger partial charge is 0.00671 e. The third kappa shape index (κ3) is 3.47. The molecule has 0 aromatic heterocycles. The van der Waals surface area contributed by atoms with E-state index >= 15 is 0 Å². The summed E-state index contributed by atoms with van der Waals surface area (Å²) in [7, 11) is 0. The second-order valence-electron chi connectivity index (χ2n) is 4.83. The average Bonchev–Trinajstić information content (AvgIpc) is 2.58. The highest BCUT2D eigenvalue weighted by Gasteiger charge is 2.17. The van der Waals surface area contributed by atoms with Crippen molar-refractivity contribution in [2.45, 2.75) is 51.0 Å². The van der Waals surface area contributed by atoms with Crippen LogP contribution < -0.4 is 5.32 Å². The maximum Gasteiger partial charge on any atom is 0.00671 e. The van der Waals surface area contributed by atoms with Crippen LogP contribution in [0.5, 0.6) is 0 Å². The van der Waals surface area contributed by atoms with Crippen molar-refractivity contribution in [1.29, 1.82) is 0 Å².